The molecule has 29 heavy (non-hydrogen) atoms. The number of carboxylic acids is 2. The fourth-order valence-corrected chi connectivity index (χ4v) is 3.86. The number of fused-ring (bicyclic) bond motifs is 1. The van der Waals surface area contributed by atoms with E-state index in [0.29, 0.717) is 61.4 Å². The van der Waals surface area contributed by atoms with E-state index in [-0.39, 0.29) is 6.54 Å². The molecule has 1 aliphatic rings. The van der Waals surface area contributed by atoms with Gasteiger partial charge >= 0.3 is 11.9 Å². The van der Waals surface area contributed by atoms with Crippen molar-refractivity contribution in [2.24, 2.45) is 0 Å². The Morgan fingerprint density at radius 2 is 1.97 bits per heavy atom. The van der Waals surface area contributed by atoms with Crippen molar-refractivity contribution in [2.75, 3.05) is 39.8 Å². The minimum Gasteiger partial charge on any atom is -0.497 e. The van der Waals surface area contributed by atoms with E-state index in [4.69, 9.17) is 10.00 Å². The summed E-state index contributed by atoms with van der Waals surface area (Å²) in [5.41, 5.74) is 1.21. The maximum Gasteiger partial charge on any atom is 0.325 e. The van der Waals surface area contributed by atoms with E-state index in [9.17, 15) is 19.8 Å². The molecular weight excluding hydrogens is 376 g/mol. The molecular formula is C20H24N4O5. The molecule has 154 valence electrons. The highest BCUT2D eigenvalue weighted by Gasteiger charge is 2.33. The minimum absolute atomic E-state index is 0.253. The van der Waals surface area contributed by atoms with Crippen LogP contribution in [0.4, 0.5) is 0 Å². The second-order valence-electron chi connectivity index (χ2n) is 7.02. The van der Waals surface area contributed by atoms with Gasteiger partial charge in [0.25, 0.3) is 0 Å². The largest absolute Gasteiger partial charge is 0.497 e. The van der Waals surface area contributed by atoms with Crippen LogP contribution in [0.15, 0.2) is 24.4 Å². The molecule has 2 N–H and O–H groups in total. The second kappa shape index (κ2) is 8.94. The third kappa shape index (κ3) is 4.50. The molecule has 3 rings (SSSR count). The Hall–Kier alpha value is -3.09. The molecule has 1 unspecified atom stereocenters. The number of hydrogen-bond donors (Lipinski definition) is 2. The van der Waals surface area contributed by atoms with E-state index in [1.54, 1.807) is 29.0 Å². The van der Waals surface area contributed by atoms with Crippen LogP contribution in [0.25, 0.3) is 10.9 Å². The number of nitriles is 1. The zero-order valence-corrected chi connectivity index (χ0v) is 16.2. The lowest BCUT2D eigenvalue weighted by Crippen LogP contribution is -2.49. The molecule has 1 aromatic carbocycles. The monoisotopic (exact) mass is 400 g/mol. The van der Waals surface area contributed by atoms with Gasteiger partial charge in [-0.05, 0) is 18.2 Å². The van der Waals surface area contributed by atoms with Gasteiger partial charge in [-0.15, -0.1) is 0 Å². The third-order valence-electron chi connectivity index (χ3n) is 5.27. The topological polar surface area (TPSA) is 119 Å². The molecule has 0 bridgehead atoms. The first kappa shape index (κ1) is 20.6. The number of rotatable bonds is 8. The van der Waals surface area contributed by atoms with Gasteiger partial charge in [0.05, 0.1) is 13.2 Å². The molecule has 0 spiro atoms. The summed E-state index contributed by atoms with van der Waals surface area (Å²) in [6.07, 6.45) is 2.07. The summed E-state index contributed by atoms with van der Waals surface area (Å²) in [6, 6.07) is 6.47. The molecule has 0 aliphatic carbocycles. The van der Waals surface area contributed by atoms with E-state index in [0.717, 1.165) is 0 Å². The van der Waals surface area contributed by atoms with Crippen molar-refractivity contribution in [3.05, 3.63) is 30.0 Å². The number of aromatic nitrogens is 1. The Kier molecular flexibility index (Phi) is 6.36. The van der Waals surface area contributed by atoms with Crippen molar-refractivity contribution < 1.29 is 24.5 Å². The van der Waals surface area contributed by atoms with Crippen LogP contribution in [0.2, 0.25) is 0 Å². The average Bonchev–Trinajstić information content (AvgIpc) is 3.03. The SMILES string of the molecule is COc1ccc2c(c1)c(C(C(=O)O)N1CCN(CCC#N)CC1)cn2CC(=O)O. The number of ether oxygens (including phenoxy) is 1. The summed E-state index contributed by atoms with van der Waals surface area (Å²) < 4.78 is 6.85. The number of nitrogens with zero attached hydrogens (tertiary/aromatic N) is 4. The smallest absolute Gasteiger partial charge is 0.325 e. The molecule has 0 radical (unpaired) electrons. The Bertz CT molecular complexity index is 940. The first-order valence-corrected chi connectivity index (χ1v) is 9.39. The second-order valence-corrected chi connectivity index (χ2v) is 7.02. The molecule has 1 atom stereocenters. The number of hydrogen-bond acceptors (Lipinski definition) is 6. The van der Waals surface area contributed by atoms with Crippen molar-refractivity contribution in [3.63, 3.8) is 0 Å². The third-order valence-corrected chi connectivity index (χ3v) is 5.27. The van der Waals surface area contributed by atoms with Gasteiger partial charge < -0.3 is 19.5 Å². The van der Waals surface area contributed by atoms with Crippen LogP contribution in [-0.4, -0.2) is 76.4 Å². The Morgan fingerprint density at radius 3 is 2.55 bits per heavy atom. The summed E-state index contributed by atoms with van der Waals surface area (Å²) >= 11 is 0. The normalized spacial score (nSPS) is 16.4. The van der Waals surface area contributed by atoms with E-state index in [2.05, 4.69) is 11.0 Å². The lowest BCUT2D eigenvalue weighted by atomic mass is 10.0. The van der Waals surface area contributed by atoms with Gasteiger partial charge in [0, 0.05) is 61.8 Å². The van der Waals surface area contributed by atoms with Gasteiger partial charge in [-0.2, -0.15) is 5.26 Å². The summed E-state index contributed by atoms with van der Waals surface area (Å²) in [5.74, 6) is -1.40. The molecule has 9 heteroatoms. The Balaban J connectivity index is 1.96. The van der Waals surface area contributed by atoms with Crippen molar-refractivity contribution in [2.45, 2.75) is 19.0 Å². The van der Waals surface area contributed by atoms with Crippen LogP contribution in [0.1, 0.15) is 18.0 Å². The summed E-state index contributed by atoms with van der Waals surface area (Å²) in [6.45, 7) is 2.90. The zero-order valence-electron chi connectivity index (χ0n) is 16.2. The predicted molar refractivity (Wildman–Crippen MR) is 105 cm³/mol. The van der Waals surface area contributed by atoms with Gasteiger partial charge in [0.2, 0.25) is 0 Å². The van der Waals surface area contributed by atoms with Crippen LogP contribution in [0.5, 0.6) is 5.75 Å². The summed E-state index contributed by atoms with van der Waals surface area (Å²) in [7, 11) is 1.53. The fourth-order valence-electron chi connectivity index (χ4n) is 3.86. The van der Waals surface area contributed by atoms with Crippen LogP contribution in [-0.2, 0) is 16.1 Å². The quantitative estimate of drug-likeness (QED) is 0.682. The van der Waals surface area contributed by atoms with Crippen molar-refractivity contribution in [1.82, 2.24) is 14.4 Å². The number of aliphatic carboxylic acids is 2. The predicted octanol–water partition coefficient (Wildman–Crippen LogP) is 1.39. The molecule has 1 saturated heterocycles. The average molecular weight is 400 g/mol. The maximum absolute atomic E-state index is 12.2. The van der Waals surface area contributed by atoms with Gasteiger partial charge in [0.1, 0.15) is 18.3 Å². The first-order valence-electron chi connectivity index (χ1n) is 9.39. The van der Waals surface area contributed by atoms with Gasteiger partial charge in [0.15, 0.2) is 0 Å². The lowest BCUT2D eigenvalue weighted by Gasteiger charge is -2.37. The molecule has 0 saturated carbocycles. The van der Waals surface area contributed by atoms with Crippen LogP contribution in [0.3, 0.4) is 0 Å². The summed E-state index contributed by atoms with van der Waals surface area (Å²) in [5, 5.41) is 28.7. The van der Waals surface area contributed by atoms with Gasteiger partial charge in [-0.25, -0.2) is 0 Å². The lowest BCUT2D eigenvalue weighted by molar-refractivity contribution is -0.144. The van der Waals surface area contributed by atoms with E-state index in [1.807, 2.05) is 4.90 Å². The molecule has 2 heterocycles. The number of carboxylic acid groups (broad SMARTS) is 2. The molecule has 1 aromatic heterocycles. The van der Waals surface area contributed by atoms with Crippen molar-refractivity contribution in [3.8, 4) is 11.8 Å². The zero-order chi connectivity index (χ0) is 21.0. The minimum atomic E-state index is -0.998. The van der Waals surface area contributed by atoms with E-state index in [1.165, 1.54) is 7.11 Å². The number of piperazine rings is 1. The molecule has 1 fully saturated rings. The maximum atomic E-state index is 12.2. The van der Waals surface area contributed by atoms with Crippen molar-refractivity contribution in [1.29, 1.82) is 5.26 Å². The highest BCUT2D eigenvalue weighted by Crippen LogP contribution is 2.33. The summed E-state index contributed by atoms with van der Waals surface area (Å²) in [4.78, 5) is 27.5. The Morgan fingerprint density at radius 1 is 1.24 bits per heavy atom. The van der Waals surface area contributed by atoms with E-state index < -0.39 is 18.0 Å². The number of benzene rings is 1. The van der Waals surface area contributed by atoms with Gasteiger partial charge in [-0.1, -0.05) is 0 Å². The molecule has 9 nitrogen and oxygen atoms in total. The number of methoxy groups -OCH3 is 1. The standard InChI is InChI=1S/C20H24N4O5/c1-29-14-3-4-17-15(11-14)16(12-24(17)13-18(25)26)19(20(27)28)23-9-7-22(8-10-23)6-2-5-21/h3-4,11-12,19H,2,6-10,13H2,1H3,(H,25,26)(H,27,28). The highest BCUT2D eigenvalue weighted by atomic mass is 16.5. The first-order chi connectivity index (χ1) is 13.9. The Labute approximate surface area is 168 Å². The van der Waals surface area contributed by atoms with Crippen LogP contribution >= 0.6 is 0 Å². The molecule has 2 aromatic rings. The van der Waals surface area contributed by atoms with Crippen molar-refractivity contribution >= 4 is 22.8 Å². The van der Waals surface area contributed by atoms with Crippen LogP contribution < -0.4 is 4.74 Å². The fraction of sp³-hybridized carbons (Fsp3) is 0.450. The van der Waals surface area contributed by atoms with Gasteiger partial charge in [-0.3, -0.25) is 19.4 Å². The molecule has 1 aliphatic heterocycles. The highest BCUT2D eigenvalue weighted by molar-refractivity contribution is 5.91. The molecule has 0 amide bonds. The number of carbonyl (C=O) groups is 2. The van der Waals surface area contributed by atoms with E-state index >= 15 is 0 Å². The van der Waals surface area contributed by atoms with Crippen LogP contribution in [0, 0.1) is 11.3 Å².